The molecule has 3 unspecified atom stereocenters. The third-order valence-corrected chi connectivity index (χ3v) is 4.17. The smallest absolute Gasteiger partial charge is 0.343 e. The number of hydrogen-bond donors (Lipinski definition) is 4. The maximum absolute atomic E-state index is 12.2. The van der Waals surface area contributed by atoms with E-state index < -0.39 is 43.3 Å². The Morgan fingerprint density at radius 2 is 1.96 bits per heavy atom. The molecule has 4 atom stereocenters. The number of carbonyl (C=O) groups is 1. The van der Waals surface area contributed by atoms with E-state index in [-0.39, 0.29) is 21.4 Å². The average Bonchev–Trinajstić information content (AvgIpc) is 2.56. The number of carbonyl (C=O) groups excluding carboxylic acids is 1. The van der Waals surface area contributed by atoms with E-state index >= 15 is 0 Å². The molecule has 1 aliphatic heterocycles. The largest absolute Gasteiger partial charge is 0.494 e. The van der Waals surface area contributed by atoms with Crippen LogP contribution < -0.4 is 4.74 Å². The number of ether oxygens (including phenoxy) is 3. The summed E-state index contributed by atoms with van der Waals surface area (Å²) in [5, 5.41) is 39.1. The van der Waals surface area contributed by atoms with Gasteiger partial charge in [0.15, 0.2) is 5.75 Å². The van der Waals surface area contributed by atoms with Crippen molar-refractivity contribution in [1.29, 1.82) is 0 Å². The van der Waals surface area contributed by atoms with E-state index in [1.54, 1.807) is 0 Å². The molecule has 0 spiro atoms. The maximum atomic E-state index is 12.2. The van der Waals surface area contributed by atoms with Crippen molar-refractivity contribution in [3.8, 4) is 5.75 Å². The summed E-state index contributed by atoms with van der Waals surface area (Å²) >= 11 is 11.9. The molecule has 0 aliphatic carbocycles. The summed E-state index contributed by atoms with van der Waals surface area (Å²) in [6, 6.07) is 2.79. The third kappa shape index (κ3) is 3.60. The van der Waals surface area contributed by atoms with Crippen LogP contribution in [0.4, 0.5) is 0 Å². The second kappa shape index (κ2) is 7.40. The van der Waals surface area contributed by atoms with Gasteiger partial charge in [-0.05, 0) is 12.1 Å². The van der Waals surface area contributed by atoms with Gasteiger partial charge in [0.05, 0.1) is 23.8 Å². The van der Waals surface area contributed by atoms with Crippen LogP contribution in [-0.2, 0) is 9.47 Å². The minimum absolute atomic E-state index is 0.00816. The highest BCUT2D eigenvalue weighted by Crippen LogP contribution is 2.34. The SMILES string of the molecule is COc1c(Cl)ccc(Cl)c1C(=O)OCC1(O)OC[C@@H](O)C(O)C1O. The Hall–Kier alpha value is -1.13. The van der Waals surface area contributed by atoms with Crippen LogP contribution in [-0.4, -0.2) is 70.8 Å². The zero-order valence-corrected chi connectivity index (χ0v) is 14.0. The zero-order valence-electron chi connectivity index (χ0n) is 12.5. The van der Waals surface area contributed by atoms with Crippen LogP contribution in [0, 0.1) is 0 Å². The first-order valence-corrected chi connectivity index (χ1v) is 7.56. The summed E-state index contributed by atoms with van der Waals surface area (Å²) < 4.78 is 14.8. The molecule has 4 N–H and O–H groups in total. The number of benzene rings is 1. The van der Waals surface area contributed by atoms with Crippen LogP contribution in [0.25, 0.3) is 0 Å². The minimum Gasteiger partial charge on any atom is -0.494 e. The van der Waals surface area contributed by atoms with E-state index in [1.165, 1.54) is 19.2 Å². The van der Waals surface area contributed by atoms with E-state index in [0.29, 0.717) is 0 Å². The number of hydrogen-bond acceptors (Lipinski definition) is 8. The lowest BCUT2D eigenvalue weighted by molar-refractivity contribution is -0.330. The van der Waals surface area contributed by atoms with Gasteiger partial charge in [-0.2, -0.15) is 0 Å². The summed E-state index contributed by atoms with van der Waals surface area (Å²) in [7, 11) is 1.29. The summed E-state index contributed by atoms with van der Waals surface area (Å²) in [4.78, 5) is 12.2. The van der Waals surface area contributed by atoms with Gasteiger partial charge < -0.3 is 34.6 Å². The number of rotatable bonds is 4. The number of halogens is 2. The molecule has 1 saturated heterocycles. The molecule has 0 radical (unpaired) electrons. The molecule has 2 rings (SSSR count). The molecule has 1 aliphatic rings. The number of esters is 1. The lowest BCUT2D eigenvalue weighted by atomic mass is 9.97. The van der Waals surface area contributed by atoms with Crippen LogP contribution in [0.1, 0.15) is 10.4 Å². The van der Waals surface area contributed by atoms with E-state index in [9.17, 15) is 25.2 Å². The first-order valence-electron chi connectivity index (χ1n) is 6.81. The van der Waals surface area contributed by atoms with E-state index in [4.69, 9.17) is 37.4 Å². The molecular weight excluding hydrogens is 367 g/mol. The van der Waals surface area contributed by atoms with E-state index in [2.05, 4.69) is 0 Å². The molecule has 0 saturated carbocycles. The number of aliphatic hydroxyl groups excluding tert-OH is 3. The van der Waals surface area contributed by atoms with Crippen molar-refractivity contribution in [1.82, 2.24) is 0 Å². The van der Waals surface area contributed by atoms with Crippen molar-refractivity contribution in [3.63, 3.8) is 0 Å². The zero-order chi connectivity index (χ0) is 18.1. The number of methoxy groups -OCH3 is 1. The highest BCUT2D eigenvalue weighted by Gasteiger charge is 2.49. The Labute approximate surface area is 147 Å². The second-order valence-electron chi connectivity index (χ2n) is 5.17. The van der Waals surface area contributed by atoms with Crippen molar-refractivity contribution in [2.24, 2.45) is 0 Å². The Kier molecular flexibility index (Phi) is 5.92. The van der Waals surface area contributed by atoms with Gasteiger partial charge in [-0.3, -0.25) is 0 Å². The topological polar surface area (TPSA) is 126 Å². The van der Waals surface area contributed by atoms with Crippen LogP contribution in [0.3, 0.4) is 0 Å². The van der Waals surface area contributed by atoms with Crippen molar-refractivity contribution in [3.05, 3.63) is 27.7 Å². The van der Waals surface area contributed by atoms with Crippen molar-refractivity contribution in [2.75, 3.05) is 20.3 Å². The van der Waals surface area contributed by atoms with Gasteiger partial charge in [0.1, 0.15) is 30.5 Å². The van der Waals surface area contributed by atoms with Crippen LogP contribution in [0.15, 0.2) is 12.1 Å². The average molecular weight is 383 g/mol. The molecule has 1 fully saturated rings. The molecule has 1 heterocycles. The number of aliphatic hydroxyl groups is 4. The molecule has 8 nitrogen and oxygen atoms in total. The van der Waals surface area contributed by atoms with Crippen LogP contribution >= 0.6 is 23.2 Å². The lowest BCUT2D eigenvalue weighted by Crippen LogP contribution is -2.63. The first-order chi connectivity index (χ1) is 11.2. The molecule has 0 aromatic heterocycles. The maximum Gasteiger partial charge on any atom is 0.343 e. The van der Waals surface area contributed by atoms with E-state index in [1.807, 2.05) is 0 Å². The molecule has 10 heteroatoms. The molecular formula is C14H16Cl2O8. The van der Waals surface area contributed by atoms with Gasteiger partial charge in [0.2, 0.25) is 5.79 Å². The van der Waals surface area contributed by atoms with Crippen molar-refractivity contribution >= 4 is 29.2 Å². The monoisotopic (exact) mass is 382 g/mol. The molecule has 0 amide bonds. The standard InChI is InChI=1S/C14H16Cl2O8/c1-22-11-7(16)3-2-6(15)9(11)13(20)23-5-14(21)12(19)10(18)8(17)4-24-14/h2-3,8,10,12,17-19,21H,4-5H2,1H3/t8-,10?,12?,14?/m1/s1. The Morgan fingerprint density at radius 1 is 1.33 bits per heavy atom. The molecule has 134 valence electrons. The minimum atomic E-state index is -2.38. The Balaban J connectivity index is 2.15. The molecule has 1 aromatic carbocycles. The summed E-state index contributed by atoms with van der Waals surface area (Å²) in [6.07, 6.45) is -4.92. The highest BCUT2D eigenvalue weighted by molar-refractivity contribution is 6.37. The third-order valence-electron chi connectivity index (χ3n) is 3.56. The van der Waals surface area contributed by atoms with Crippen LogP contribution in [0.5, 0.6) is 5.75 Å². The quantitative estimate of drug-likeness (QED) is 0.534. The molecule has 1 aromatic rings. The van der Waals surface area contributed by atoms with Crippen molar-refractivity contribution in [2.45, 2.75) is 24.1 Å². The molecule has 0 bridgehead atoms. The van der Waals surface area contributed by atoms with Gasteiger partial charge in [0.25, 0.3) is 0 Å². The fraction of sp³-hybridized carbons (Fsp3) is 0.500. The second-order valence-corrected chi connectivity index (χ2v) is 5.99. The van der Waals surface area contributed by atoms with Gasteiger partial charge in [-0.1, -0.05) is 23.2 Å². The summed E-state index contributed by atoms with van der Waals surface area (Å²) in [5.74, 6) is -3.38. The normalized spacial score (nSPS) is 30.0. The Bertz CT molecular complexity index is 625. The van der Waals surface area contributed by atoms with Gasteiger partial charge in [0, 0.05) is 0 Å². The summed E-state index contributed by atoms with van der Waals surface area (Å²) in [6.45, 7) is -1.27. The lowest BCUT2D eigenvalue weighted by Gasteiger charge is -2.40. The first kappa shape index (κ1) is 19.2. The predicted octanol–water partition coefficient (Wildman–Crippen LogP) is -0.0397. The fourth-order valence-electron chi connectivity index (χ4n) is 2.18. The predicted molar refractivity (Wildman–Crippen MR) is 82.2 cm³/mol. The van der Waals surface area contributed by atoms with Gasteiger partial charge in [-0.15, -0.1) is 0 Å². The van der Waals surface area contributed by atoms with Gasteiger partial charge in [-0.25, -0.2) is 4.79 Å². The fourth-order valence-corrected chi connectivity index (χ4v) is 2.64. The highest BCUT2D eigenvalue weighted by atomic mass is 35.5. The molecule has 24 heavy (non-hydrogen) atoms. The van der Waals surface area contributed by atoms with Gasteiger partial charge >= 0.3 is 5.97 Å². The van der Waals surface area contributed by atoms with E-state index in [0.717, 1.165) is 0 Å². The Morgan fingerprint density at radius 3 is 2.58 bits per heavy atom. The van der Waals surface area contributed by atoms with Crippen LogP contribution in [0.2, 0.25) is 10.0 Å². The summed E-state index contributed by atoms with van der Waals surface area (Å²) in [5.41, 5.74) is -0.166. The van der Waals surface area contributed by atoms with Crippen molar-refractivity contribution < 1.29 is 39.4 Å².